The molecule has 5 aromatic rings. The number of fused-ring (bicyclic) bond motifs is 1. The van der Waals surface area contributed by atoms with Crippen LogP contribution in [-0.4, -0.2) is 28.5 Å². The summed E-state index contributed by atoms with van der Waals surface area (Å²) in [5.74, 6) is -1.00. The first kappa shape index (κ1) is 23.9. The van der Waals surface area contributed by atoms with Gasteiger partial charge in [0.1, 0.15) is 0 Å². The molecule has 4 aromatic carbocycles. The van der Waals surface area contributed by atoms with Crippen LogP contribution in [-0.2, 0) is 9.53 Å². The lowest BCUT2D eigenvalue weighted by Gasteiger charge is -2.12. The quantitative estimate of drug-likeness (QED) is 0.281. The zero-order valence-corrected chi connectivity index (χ0v) is 20.6. The summed E-state index contributed by atoms with van der Waals surface area (Å²) in [6.45, 7) is 3.44. The Labute approximate surface area is 215 Å². The minimum atomic E-state index is -0.603. The molecule has 182 valence electrons. The van der Waals surface area contributed by atoms with Gasteiger partial charge in [0.2, 0.25) is 0 Å². The first-order valence-corrected chi connectivity index (χ1v) is 12.0. The lowest BCUT2D eigenvalue weighted by molar-refractivity contribution is -0.119. The van der Waals surface area contributed by atoms with Gasteiger partial charge in [0, 0.05) is 16.8 Å². The third kappa shape index (κ3) is 5.23. The molecule has 6 heteroatoms. The lowest BCUT2D eigenvalue weighted by atomic mass is 10.0. The van der Waals surface area contributed by atoms with E-state index in [1.54, 1.807) is 18.2 Å². The number of aromatic nitrogens is 2. The maximum Gasteiger partial charge on any atom is 0.338 e. The summed E-state index contributed by atoms with van der Waals surface area (Å²) in [5, 5.41) is 2.82. The number of carbonyl (C=O) groups is 2. The van der Waals surface area contributed by atoms with Gasteiger partial charge in [-0.15, -0.1) is 0 Å². The number of ether oxygens (including phenoxy) is 1. The molecule has 0 atom stereocenters. The predicted molar refractivity (Wildman–Crippen MR) is 145 cm³/mol. The van der Waals surface area contributed by atoms with Crippen LogP contribution in [0.1, 0.15) is 21.5 Å². The highest BCUT2D eigenvalue weighted by Crippen LogP contribution is 2.31. The second-order valence-electron chi connectivity index (χ2n) is 8.75. The van der Waals surface area contributed by atoms with Crippen molar-refractivity contribution in [1.82, 2.24) is 9.97 Å². The summed E-state index contributed by atoms with van der Waals surface area (Å²) in [5.41, 5.74) is 7.49. The molecule has 0 saturated heterocycles. The number of benzene rings is 4. The van der Waals surface area contributed by atoms with E-state index in [-0.39, 0.29) is 0 Å². The van der Waals surface area contributed by atoms with Gasteiger partial charge in [-0.25, -0.2) is 14.8 Å². The average Bonchev–Trinajstić information content (AvgIpc) is 2.93. The van der Waals surface area contributed by atoms with E-state index in [0.29, 0.717) is 16.6 Å². The molecule has 5 rings (SSSR count). The SMILES string of the molecule is Cc1cccc(C)c1NC(=O)COC(=O)c1ccc2nc(-c3ccccc3)c(-c3ccccc3)nc2c1. The van der Waals surface area contributed by atoms with E-state index in [9.17, 15) is 9.59 Å². The minimum absolute atomic E-state index is 0.299. The zero-order valence-electron chi connectivity index (χ0n) is 20.6. The van der Waals surface area contributed by atoms with Crippen molar-refractivity contribution in [1.29, 1.82) is 0 Å². The van der Waals surface area contributed by atoms with E-state index in [4.69, 9.17) is 14.7 Å². The normalized spacial score (nSPS) is 10.8. The fourth-order valence-electron chi connectivity index (χ4n) is 4.18. The summed E-state index contributed by atoms with van der Waals surface area (Å²) in [4.78, 5) is 35.0. The molecule has 0 spiro atoms. The Balaban J connectivity index is 1.40. The number of hydrogen-bond donors (Lipinski definition) is 1. The van der Waals surface area contributed by atoms with Crippen molar-refractivity contribution < 1.29 is 14.3 Å². The topological polar surface area (TPSA) is 81.2 Å². The number of rotatable bonds is 6. The van der Waals surface area contributed by atoms with E-state index >= 15 is 0 Å². The van der Waals surface area contributed by atoms with Crippen LogP contribution in [0.25, 0.3) is 33.5 Å². The number of nitrogens with zero attached hydrogens (tertiary/aromatic N) is 2. The number of hydrogen-bond acceptors (Lipinski definition) is 5. The lowest BCUT2D eigenvalue weighted by Crippen LogP contribution is -2.21. The number of esters is 1. The van der Waals surface area contributed by atoms with E-state index < -0.39 is 18.5 Å². The van der Waals surface area contributed by atoms with Crippen LogP contribution in [0, 0.1) is 13.8 Å². The molecule has 0 fully saturated rings. The largest absolute Gasteiger partial charge is 0.452 e. The van der Waals surface area contributed by atoms with Crippen molar-refractivity contribution in [3.05, 3.63) is 114 Å². The summed E-state index contributed by atoms with van der Waals surface area (Å²) in [6, 6.07) is 30.5. The number of para-hydroxylation sites is 1. The molecule has 0 aliphatic carbocycles. The highest BCUT2D eigenvalue weighted by Gasteiger charge is 2.16. The second kappa shape index (κ2) is 10.4. The van der Waals surface area contributed by atoms with Crippen LogP contribution in [0.2, 0.25) is 0 Å². The Morgan fingerprint density at radius 3 is 1.86 bits per heavy atom. The molecule has 37 heavy (non-hydrogen) atoms. The number of carbonyl (C=O) groups excluding carboxylic acids is 2. The van der Waals surface area contributed by atoms with Crippen molar-refractivity contribution in [2.45, 2.75) is 13.8 Å². The van der Waals surface area contributed by atoms with Crippen LogP contribution < -0.4 is 5.32 Å². The fourth-order valence-corrected chi connectivity index (χ4v) is 4.18. The van der Waals surface area contributed by atoms with Gasteiger partial charge in [-0.3, -0.25) is 4.79 Å². The molecule has 1 amide bonds. The van der Waals surface area contributed by atoms with E-state index in [1.807, 2.05) is 92.7 Å². The molecule has 6 nitrogen and oxygen atoms in total. The van der Waals surface area contributed by atoms with Crippen molar-refractivity contribution in [2.24, 2.45) is 0 Å². The van der Waals surface area contributed by atoms with Crippen molar-refractivity contribution in [3.8, 4) is 22.5 Å². The maximum absolute atomic E-state index is 12.8. The van der Waals surface area contributed by atoms with Gasteiger partial charge >= 0.3 is 5.97 Å². The number of nitrogens with one attached hydrogen (secondary N) is 1. The molecular formula is C31H25N3O3. The molecule has 1 heterocycles. The van der Waals surface area contributed by atoms with Crippen molar-refractivity contribution >= 4 is 28.6 Å². The maximum atomic E-state index is 12.8. The second-order valence-corrected chi connectivity index (χ2v) is 8.75. The standard InChI is InChI=1S/C31H25N3O3/c1-20-10-9-11-21(2)28(20)34-27(35)19-37-31(36)24-16-17-25-26(18-24)33-30(23-14-7-4-8-15-23)29(32-25)22-12-5-3-6-13-22/h3-18H,19H2,1-2H3,(H,34,35). The highest BCUT2D eigenvalue weighted by atomic mass is 16.5. The minimum Gasteiger partial charge on any atom is -0.452 e. The van der Waals surface area contributed by atoms with Crippen LogP contribution >= 0.6 is 0 Å². The van der Waals surface area contributed by atoms with Crippen LogP contribution in [0.3, 0.4) is 0 Å². The molecule has 0 aliphatic heterocycles. The number of amides is 1. The zero-order chi connectivity index (χ0) is 25.8. The highest BCUT2D eigenvalue weighted by molar-refractivity contribution is 5.98. The van der Waals surface area contributed by atoms with Crippen LogP contribution in [0.5, 0.6) is 0 Å². The van der Waals surface area contributed by atoms with Gasteiger partial charge in [0.15, 0.2) is 6.61 Å². The molecule has 1 N–H and O–H groups in total. The van der Waals surface area contributed by atoms with Gasteiger partial charge in [0.25, 0.3) is 5.91 Å². The molecule has 0 bridgehead atoms. The molecule has 0 saturated carbocycles. The average molecular weight is 488 g/mol. The Morgan fingerprint density at radius 1 is 0.703 bits per heavy atom. The Bertz CT molecular complexity index is 1580. The first-order valence-electron chi connectivity index (χ1n) is 12.0. The van der Waals surface area contributed by atoms with Crippen LogP contribution in [0.4, 0.5) is 5.69 Å². The van der Waals surface area contributed by atoms with E-state index in [2.05, 4.69) is 5.32 Å². The smallest absolute Gasteiger partial charge is 0.338 e. The van der Waals surface area contributed by atoms with Gasteiger partial charge in [-0.2, -0.15) is 0 Å². The summed E-state index contributed by atoms with van der Waals surface area (Å²) >= 11 is 0. The molecule has 0 radical (unpaired) electrons. The van der Waals surface area contributed by atoms with E-state index in [1.165, 1.54) is 0 Å². The third-order valence-electron chi connectivity index (χ3n) is 6.07. The first-order chi connectivity index (χ1) is 18.0. The van der Waals surface area contributed by atoms with Crippen LogP contribution in [0.15, 0.2) is 97.1 Å². The molecule has 1 aromatic heterocycles. The molecule has 0 aliphatic rings. The Hall–Kier alpha value is -4.84. The monoisotopic (exact) mass is 487 g/mol. The van der Waals surface area contributed by atoms with Gasteiger partial charge in [0.05, 0.1) is 28.0 Å². The van der Waals surface area contributed by atoms with E-state index in [0.717, 1.165) is 39.3 Å². The Morgan fingerprint density at radius 2 is 1.27 bits per heavy atom. The third-order valence-corrected chi connectivity index (χ3v) is 6.07. The predicted octanol–water partition coefficient (Wildman–Crippen LogP) is 6.38. The fraction of sp³-hybridized carbons (Fsp3) is 0.0968. The summed E-state index contributed by atoms with van der Waals surface area (Å²) < 4.78 is 5.30. The van der Waals surface area contributed by atoms with Gasteiger partial charge in [-0.05, 0) is 43.2 Å². The molecular weight excluding hydrogens is 462 g/mol. The van der Waals surface area contributed by atoms with Crippen molar-refractivity contribution in [3.63, 3.8) is 0 Å². The Kier molecular flexibility index (Phi) is 6.72. The van der Waals surface area contributed by atoms with Gasteiger partial charge < -0.3 is 10.1 Å². The summed E-state index contributed by atoms with van der Waals surface area (Å²) in [7, 11) is 0. The number of aryl methyl sites for hydroxylation is 2. The number of anilines is 1. The van der Waals surface area contributed by atoms with Gasteiger partial charge in [-0.1, -0.05) is 78.9 Å². The van der Waals surface area contributed by atoms with Crippen molar-refractivity contribution in [2.75, 3.05) is 11.9 Å². The molecule has 0 unspecified atom stereocenters. The summed E-state index contributed by atoms with van der Waals surface area (Å²) in [6.07, 6.45) is 0.